The van der Waals surface area contributed by atoms with Crippen LogP contribution in [0, 0.1) is 11.3 Å². The lowest BCUT2D eigenvalue weighted by atomic mass is 9.93. The van der Waals surface area contributed by atoms with E-state index in [1.807, 2.05) is 0 Å². The molecule has 0 heterocycles. The molecule has 1 nitrogen and oxygen atoms in total. The highest BCUT2D eigenvalue weighted by Crippen LogP contribution is 2.58. The summed E-state index contributed by atoms with van der Waals surface area (Å²) in [5, 5.41) is 8.97. The van der Waals surface area contributed by atoms with Crippen molar-refractivity contribution in [3.63, 3.8) is 0 Å². The zero-order valence-corrected chi connectivity index (χ0v) is 7.77. The molecule has 0 saturated heterocycles. The van der Waals surface area contributed by atoms with E-state index in [-0.39, 0.29) is 0 Å². The van der Waals surface area contributed by atoms with Crippen LogP contribution in [0.25, 0.3) is 0 Å². The molecule has 0 spiro atoms. The van der Waals surface area contributed by atoms with Gasteiger partial charge in [0.25, 0.3) is 0 Å². The second-order valence-corrected chi connectivity index (χ2v) is 3.90. The van der Waals surface area contributed by atoms with Crippen LogP contribution in [-0.4, -0.2) is 11.7 Å². The normalized spacial score (nSPS) is 35.7. The van der Waals surface area contributed by atoms with Gasteiger partial charge in [0, 0.05) is 6.61 Å². The van der Waals surface area contributed by atoms with E-state index >= 15 is 0 Å². The van der Waals surface area contributed by atoms with Gasteiger partial charge in [-0.25, -0.2) is 0 Å². The Labute approximate surface area is 69.8 Å². The summed E-state index contributed by atoms with van der Waals surface area (Å²) in [5.41, 5.74) is 0.560. The number of aliphatic hydroxyl groups is 1. The molecule has 2 atom stereocenters. The van der Waals surface area contributed by atoms with Crippen molar-refractivity contribution in [2.45, 2.75) is 46.0 Å². The van der Waals surface area contributed by atoms with E-state index in [0.29, 0.717) is 17.9 Å². The quantitative estimate of drug-likeness (QED) is 0.648. The Morgan fingerprint density at radius 3 is 2.55 bits per heavy atom. The maximum Gasteiger partial charge on any atom is 0.0464 e. The minimum absolute atomic E-state index is 0.414. The fourth-order valence-corrected chi connectivity index (χ4v) is 2.13. The van der Waals surface area contributed by atoms with Crippen LogP contribution >= 0.6 is 0 Å². The van der Waals surface area contributed by atoms with E-state index in [1.54, 1.807) is 0 Å². The van der Waals surface area contributed by atoms with Crippen molar-refractivity contribution in [3.05, 3.63) is 0 Å². The van der Waals surface area contributed by atoms with Gasteiger partial charge in [0.05, 0.1) is 0 Å². The van der Waals surface area contributed by atoms with Crippen LogP contribution in [0.15, 0.2) is 0 Å². The third-order valence-electron chi connectivity index (χ3n) is 3.31. The SMILES string of the molecule is CCCCC1(CC)CC1CO. The molecule has 1 N–H and O–H groups in total. The first-order valence-electron chi connectivity index (χ1n) is 4.90. The summed E-state index contributed by atoms with van der Waals surface area (Å²) in [4.78, 5) is 0. The molecule has 0 aliphatic heterocycles. The van der Waals surface area contributed by atoms with Crippen LogP contribution in [-0.2, 0) is 0 Å². The molecule has 1 aliphatic rings. The monoisotopic (exact) mass is 156 g/mol. The lowest BCUT2D eigenvalue weighted by Gasteiger charge is -2.12. The van der Waals surface area contributed by atoms with Crippen LogP contribution in [0.3, 0.4) is 0 Å². The molecule has 0 aromatic rings. The maximum atomic E-state index is 8.97. The molecule has 1 fully saturated rings. The first kappa shape index (κ1) is 9.05. The van der Waals surface area contributed by atoms with E-state index in [4.69, 9.17) is 5.11 Å². The van der Waals surface area contributed by atoms with E-state index in [9.17, 15) is 0 Å². The summed E-state index contributed by atoms with van der Waals surface area (Å²) < 4.78 is 0. The molecule has 11 heavy (non-hydrogen) atoms. The molecule has 1 heteroatoms. The third kappa shape index (κ3) is 1.76. The Morgan fingerprint density at radius 2 is 2.18 bits per heavy atom. The molecular formula is C10H20O. The van der Waals surface area contributed by atoms with Crippen LogP contribution < -0.4 is 0 Å². The van der Waals surface area contributed by atoms with Crippen molar-refractivity contribution in [1.29, 1.82) is 0 Å². The molecule has 0 bridgehead atoms. The van der Waals surface area contributed by atoms with Crippen molar-refractivity contribution in [3.8, 4) is 0 Å². The number of aliphatic hydroxyl groups excluding tert-OH is 1. The average Bonchev–Trinajstić information content (AvgIpc) is 2.76. The van der Waals surface area contributed by atoms with E-state index < -0.39 is 0 Å². The van der Waals surface area contributed by atoms with Crippen molar-refractivity contribution >= 4 is 0 Å². The number of hydrogen-bond donors (Lipinski definition) is 1. The minimum Gasteiger partial charge on any atom is -0.396 e. The summed E-state index contributed by atoms with van der Waals surface area (Å²) in [5.74, 6) is 0.638. The summed E-state index contributed by atoms with van der Waals surface area (Å²) >= 11 is 0. The van der Waals surface area contributed by atoms with E-state index in [2.05, 4.69) is 13.8 Å². The van der Waals surface area contributed by atoms with Crippen molar-refractivity contribution in [1.82, 2.24) is 0 Å². The predicted molar refractivity (Wildman–Crippen MR) is 47.4 cm³/mol. The average molecular weight is 156 g/mol. The van der Waals surface area contributed by atoms with Gasteiger partial charge in [0.2, 0.25) is 0 Å². The van der Waals surface area contributed by atoms with Gasteiger partial charge in [-0.3, -0.25) is 0 Å². The van der Waals surface area contributed by atoms with Gasteiger partial charge >= 0.3 is 0 Å². The molecule has 0 radical (unpaired) electrons. The topological polar surface area (TPSA) is 20.2 Å². The molecule has 0 amide bonds. The fraction of sp³-hybridized carbons (Fsp3) is 1.00. The van der Waals surface area contributed by atoms with E-state index in [0.717, 1.165) is 0 Å². The van der Waals surface area contributed by atoms with Gasteiger partial charge in [0.15, 0.2) is 0 Å². The molecule has 1 aliphatic carbocycles. The highest BCUT2D eigenvalue weighted by atomic mass is 16.3. The Hall–Kier alpha value is -0.0400. The van der Waals surface area contributed by atoms with Gasteiger partial charge < -0.3 is 5.11 Å². The van der Waals surface area contributed by atoms with Crippen molar-refractivity contribution in [2.24, 2.45) is 11.3 Å². The molecule has 2 unspecified atom stereocenters. The molecule has 1 saturated carbocycles. The summed E-state index contributed by atoms with van der Waals surface area (Å²) in [6.45, 7) is 4.91. The molecular weight excluding hydrogens is 136 g/mol. The Bertz CT molecular complexity index is 122. The maximum absolute atomic E-state index is 8.97. The first-order valence-corrected chi connectivity index (χ1v) is 4.90. The highest BCUT2D eigenvalue weighted by molar-refractivity contribution is 5.00. The van der Waals surface area contributed by atoms with Gasteiger partial charge in [0.1, 0.15) is 0 Å². The van der Waals surface area contributed by atoms with E-state index in [1.165, 1.54) is 32.1 Å². The Kier molecular flexibility index (Phi) is 2.94. The zero-order valence-electron chi connectivity index (χ0n) is 7.77. The van der Waals surface area contributed by atoms with Crippen LogP contribution in [0.4, 0.5) is 0 Å². The summed E-state index contributed by atoms with van der Waals surface area (Å²) in [6.07, 6.45) is 6.51. The second-order valence-electron chi connectivity index (χ2n) is 3.90. The number of rotatable bonds is 5. The lowest BCUT2D eigenvalue weighted by molar-refractivity contribution is 0.239. The van der Waals surface area contributed by atoms with Crippen molar-refractivity contribution < 1.29 is 5.11 Å². The van der Waals surface area contributed by atoms with Gasteiger partial charge in [-0.2, -0.15) is 0 Å². The third-order valence-corrected chi connectivity index (χ3v) is 3.31. The van der Waals surface area contributed by atoms with Gasteiger partial charge in [-0.15, -0.1) is 0 Å². The lowest BCUT2D eigenvalue weighted by Crippen LogP contribution is -2.04. The van der Waals surface area contributed by atoms with Gasteiger partial charge in [-0.05, 0) is 24.2 Å². The minimum atomic E-state index is 0.414. The second kappa shape index (κ2) is 3.57. The Morgan fingerprint density at radius 1 is 1.45 bits per heavy atom. The predicted octanol–water partition coefficient (Wildman–Crippen LogP) is 2.59. The summed E-state index contributed by atoms with van der Waals surface area (Å²) in [7, 11) is 0. The zero-order chi connectivity index (χ0) is 8.32. The molecule has 66 valence electrons. The van der Waals surface area contributed by atoms with Crippen LogP contribution in [0.1, 0.15) is 46.0 Å². The largest absolute Gasteiger partial charge is 0.396 e. The smallest absolute Gasteiger partial charge is 0.0464 e. The highest BCUT2D eigenvalue weighted by Gasteiger charge is 2.50. The Balaban J connectivity index is 2.27. The fourth-order valence-electron chi connectivity index (χ4n) is 2.13. The molecule has 1 rings (SSSR count). The van der Waals surface area contributed by atoms with Gasteiger partial charge in [-0.1, -0.05) is 33.1 Å². The standard InChI is InChI=1S/C10H20O/c1-3-5-6-10(4-2)7-9(10)8-11/h9,11H,3-8H2,1-2H3. The van der Waals surface area contributed by atoms with Crippen LogP contribution in [0.2, 0.25) is 0 Å². The van der Waals surface area contributed by atoms with Crippen molar-refractivity contribution in [2.75, 3.05) is 6.61 Å². The first-order chi connectivity index (χ1) is 5.29. The molecule has 0 aromatic carbocycles. The summed E-state index contributed by atoms with van der Waals surface area (Å²) in [6, 6.07) is 0. The van der Waals surface area contributed by atoms with Crippen LogP contribution in [0.5, 0.6) is 0 Å². The number of unbranched alkanes of at least 4 members (excludes halogenated alkanes) is 1. The molecule has 0 aromatic heterocycles. The number of hydrogen-bond acceptors (Lipinski definition) is 1.